The number of hydrogen-bond donors (Lipinski definition) is 1. The summed E-state index contributed by atoms with van der Waals surface area (Å²) in [5.74, 6) is -0.140. The van der Waals surface area contributed by atoms with E-state index >= 15 is 0 Å². The molecule has 2 fully saturated rings. The lowest BCUT2D eigenvalue weighted by atomic mass is 9.62. The number of benzene rings is 2. The fraction of sp³-hybridized carbons (Fsp3) is 0.483. The first kappa shape index (κ1) is 28.7. The van der Waals surface area contributed by atoms with Gasteiger partial charge in [-0.15, -0.1) is 23.4 Å². The Morgan fingerprint density at radius 2 is 1.83 bits per heavy atom. The molecule has 2 aliphatic carbocycles. The number of ether oxygens (including phenoxy) is 1. The van der Waals surface area contributed by atoms with Crippen LogP contribution < -0.4 is 10.2 Å². The van der Waals surface area contributed by atoms with Gasteiger partial charge in [0.25, 0.3) is 5.91 Å². The van der Waals surface area contributed by atoms with E-state index in [2.05, 4.69) is 20.3 Å². The molecular weight excluding hydrogens is 564 g/mol. The number of carbonyl (C=O) groups excluding carboxylic acids is 1. The summed E-state index contributed by atoms with van der Waals surface area (Å²) in [6, 6.07) is 9.22. The Bertz CT molecular complexity index is 1520. The number of rotatable bonds is 7. The number of anilines is 1. The van der Waals surface area contributed by atoms with Gasteiger partial charge in [-0.25, -0.2) is 0 Å². The number of fused-ring (bicyclic) bond motifs is 1. The Morgan fingerprint density at radius 1 is 1.10 bits per heavy atom. The normalized spacial score (nSPS) is 23.5. The molecule has 1 N–H and O–H groups in total. The molecule has 0 radical (unpaired) electrons. The quantitative estimate of drug-likeness (QED) is 0.340. The van der Waals surface area contributed by atoms with Crippen LogP contribution in [0.15, 0.2) is 42.7 Å². The molecule has 0 spiro atoms. The smallest absolute Gasteiger partial charge is 0.320 e. The molecule has 42 heavy (non-hydrogen) atoms. The van der Waals surface area contributed by atoms with Crippen molar-refractivity contribution in [1.82, 2.24) is 20.1 Å². The van der Waals surface area contributed by atoms with Gasteiger partial charge in [0, 0.05) is 30.4 Å². The highest BCUT2D eigenvalue weighted by molar-refractivity contribution is 6.10. The van der Waals surface area contributed by atoms with Crippen molar-refractivity contribution in [2.45, 2.75) is 81.7 Å². The first-order valence-corrected chi connectivity index (χ1v) is 13.7. The molecule has 6 rings (SSSR count). The second-order valence-electron chi connectivity index (χ2n) is 11.8. The predicted molar refractivity (Wildman–Crippen MR) is 139 cm³/mol. The van der Waals surface area contributed by atoms with Gasteiger partial charge in [-0.05, 0) is 80.0 Å². The minimum absolute atomic E-state index is 0.00362. The van der Waals surface area contributed by atoms with Crippen LogP contribution in [0.25, 0.3) is 0 Å². The molecule has 1 aromatic heterocycles. The maximum atomic E-state index is 14.2. The Morgan fingerprint density at radius 3 is 2.43 bits per heavy atom. The zero-order valence-corrected chi connectivity index (χ0v) is 22.9. The summed E-state index contributed by atoms with van der Waals surface area (Å²) < 4.78 is 87.3. The number of aryl methyl sites for hydroxylation is 1. The van der Waals surface area contributed by atoms with Crippen LogP contribution in [0.5, 0.6) is 0 Å². The zero-order valence-electron chi connectivity index (χ0n) is 22.9. The van der Waals surface area contributed by atoms with Gasteiger partial charge >= 0.3 is 12.5 Å². The molecule has 224 valence electrons. The van der Waals surface area contributed by atoms with Crippen molar-refractivity contribution in [2.24, 2.45) is 7.05 Å². The number of halogens is 6. The Hall–Kier alpha value is -3.45. The van der Waals surface area contributed by atoms with E-state index in [9.17, 15) is 31.1 Å². The highest BCUT2D eigenvalue weighted by atomic mass is 19.4. The molecule has 1 amide bonds. The van der Waals surface area contributed by atoms with Crippen molar-refractivity contribution in [3.63, 3.8) is 0 Å². The van der Waals surface area contributed by atoms with Crippen molar-refractivity contribution in [3.05, 3.63) is 76.4 Å². The van der Waals surface area contributed by atoms with Gasteiger partial charge in [-0.2, -0.15) is 13.2 Å². The molecule has 1 aliphatic heterocycles. The van der Waals surface area contributed by atoms with Gasteiger partial charge in [0.1, 0.15) is 12.2 Å². The minimum Gasteiger partial charge on any atom is -0.320 e. The number of aromatic nitrogens is 3. The van der Waals surface area contributed by atoms with Gasteiger partial charge in [-0.3, -0.25) is 9.53 Å². The maximum absolute atomic E-state index is 14.2. The van der Waals surface area contributed by atoms with Crippen molar-refractivity contribution < 1.29 is 35.9 Å². The van der Waals surface area contributed by atoms with Gasteiger partial charge in [0.2, 0.25) is 0 Å². The van der Waals surface area contributed by atoms with Crippen molar-refractivity contribution in [1.29, 1.82) is 0 Å². The van der Waals surface area contributed by atoms with E-state index in [1.54, 1.807) is 35.9 Å². The first-order valence-electron chi connectivity index (χ1n) is 13.7. The van der Waals surface area contributed by atoms with Crippen molar-refractivity contribution >= 4 is 11.6 Å². The fourth-order valence-electron chi connectivity index (χ4n) is 6.46. The van der Waals surface area contributed by atoms with Crippen LogP contribution in [0.2, 0.25) is 0 Å². The molecule has 2 heterocycles. The maximum Gasteiger partial charge on any atom is 0.522 e. The summed E-state index contributed by atoms with van der Waals surface area (Å²) in [6.07, 6.45) is -6.27. The van der Waals surface area contributed by atoms with Crippen LogP contribution in [0, 0.1) is 0 Å². The zero-order chi connectivity index (χ0) is 30.1. The summed E-state index contributed by atoms with van der Waals surface area (Å²) >= 11 is 0. The van der Waals surface area contributed by atoms with Crippen molar-refractivity contribution in [3.8, 4) is 0 Å². The van der Waals surface area contributed by atoms with Gasteiger partial charge in [0.05, 0.1) is 23.6 Å². The molecule has 3 aromatic rings. The number of nitrogens with zero attached hydrogens (tertiary/aromatic N) is 4. The van der Waals surface area contributed by atoms with Crippen LogP contribution in [0.1, 0.15) is 77.5 Å². The van der Waals surface area contributed by atoms with E-state index in [1.807, 2.05) is 6.92 Å². The van der Waals surface area contributed by atoms with Crippen LogP contribution in [0.4, 0.5) is 32.0 Å². The molecular formula is C29H29F6N5O2. The summed E-state index contributed by atoms with van der Waals surface area (Å²) in [5.41, 5.74) is -0.771. The second kappa shape index (κ2) is 9.80. The third-order valence-corrected chi connectivity index (χ3v) is 8.89. The standard InChI is InChI=1S/C29H29F6N5O2/c1-26(7-4-8-26)36-14-17-9-21-22(23(10-17)28(30,31)32)15-40(24(21)41)19-6-3-5-18(11-19)27(25-38-37-16-39(25)2)12-20(13-27)42-29(33,34)35/h3,5-6,9-11,16,20,36H,4,7-8,12-15H2,1-2H3/t20-,27-. The third kappa shape index (κ3) is 5.06. The lowest BCUT2D eigenvalue weighted by Gasteiger charge is -2.46. The Labute approximate surface area is 237 Å². The summed E-state index contributed by atoms with van der Waals surface area (Å²) in [7, 11) is 1.68. The number of alkyl halides is 6. The SMILES string of the molecule is Cn1cnnc1[C@]1(c2cccc(N3Cc4c(cc(CNC5(C)CCC5)cc4C(F)(F)F)C3=O)c2)C[C@@H](OC(F)(F)F)C1. The fourth-order valence-corrected chi connectivity index (χ4v) is 6.46. The molecule has 7 nitrogen and oxygen atoms in total. The average Bonchev–Trinajstić information content (AvgIpc) is 3.45. The second-order valence-corrected chi connectivity index (χ2v) is 11.8. The highest BCUT2D eigenvalue weighted by Crippen LogP contribution is 2.51. The Balaban J connectivity index is 1.32. The lowest BCUT2D eigenvalue weighted by molar-refractivity contribution is -0.354. The largest absolute Gasteiger partial charge is 0.522 e. The summed E-state index contributed by atoms with van der Waals surface area (Å²) in [4.78, 5) is 14.9. The van der Waals surface area contributed by atoms with E-state index in [4.69, 9.17) is 0 Å². The van der Waals surface area contributed by atoms with E-state index < -0.39 is 35.5 Å². The predicted octanol–water partition coefficient (Wildman–Crippen LogP) is 6.01. The van der Waals surface area contributed by atoms with Crippen LogP contribution in [-0.2, 0) is 36.5 Å². The van der Waals surface area contributed by atoms with E-state index in [0.717, 1.165) is 25.3 Å². The van der Waals surface area contributed by atoms with E-state index in [0.29, 0.717) is 22.6 Å². The molecule has 0 bridgehead atoms. The first-order chi connectivity index (χ1) is 19.7. The number of hydrogen-bond acceptors (Lipinski definition) is 5. The van der Waals surface area contributed by atoms with E-state index in [1.165, 1.54) is 17.3 Å². The van der Waals surface area contributed by atoms with Crippen molar-refractivity contribution in [2.75, 3.05) is 4.90 Å². The van der Waals surface area contributed by atoms with Crippen LogP contribution in [-0.4, -0.2) is 38.7 Å². The molecule has 0 unspecified atom stereocenters. The monoisotopic (exact) mass is 593 g/mol. The van der Waals surface area contributed by atoms with Gasteiger partial charge in [0.15, 0.2) is 0 Å². The number of carbonyl (C=O) groups is 1. The molecule has 2 aromatic carbocycles. The molecule has 3 aliphatic rings. The summed E-state index contributed by atoms with van der Waals surface area (Å²) in [6.45, 7) is 1.95. The summed E-state index contributed by atoms with van der Waals surface area (Å²) in [5, 5.41) is 11.4. The third-order valence-electron chi connectivity index (χ3n) is 8.89. The molecule has 0 atom stereocenters. The van der Waals surface area contributed by atoms with Crippen LogP contribution >= 0.6 is 0 Å². The molecule has 13 heteroatoms. The minimum atomic E-state index is -4.80. The Kier molecular flexibility index (Phi) is 6.69. The number of amides is 1. The lowest BCUT2D eigenvalue weighted by Crippen LogP contribution is -2.50. The van der Waals surface area contributed by atoms with Crippen LogP contribution in [0.3, 0.4) is 0 Å². The average molecular weight is 594 g/mol. The molecule has 2 saturated carbocycles. The topological polar surface area (TPSA) is 72.3 Å². The van der Waals surface area contributed by atoms with Gasteiger partial charge in [-0.1, -0.05) is 12.1 Å². The molecule has 0 saturated heterocycles. The van der Waals surface area contributed by atoms with E-state index in [-0.39, 0.29) is 42.6 Å². The number of nitrogens with one attached hydrogen (secondary N) is 1. The highest BCUT2D eigenvalue weighted by Gasteiger charge is 2.54. The van der Waals surface area contributed by atoms with Gasteiger partial charge < -0.3 is 14.8 Å².